The molecular weight excluding hydrogens is 352 g/mol. The first-order chi connectivity index (χ1) is 12.9. The van der Waals surface area contributed by atoms with Crippen LogP contribution in [0.2, 0.25) is 0 Å². The number of aliphatic carboxylic acids is 1. The van der Waals surface area contributed by atoms with Gasteiger partial charge in [-0.2, -0.15) is 0 Å². The fourth-order valence-electron chi connectivity index (χ4n) is 2.96. The van der Waals surface area contributed by atoms with Crippen LogP contribution in [0.3, 0.4) is 0 Å². The van der Waals surface area contributed by atoms with Crippen molar-refractivity contribution in [1.29, 1.82) is 0 Å². The molecule has 1 heterocycles. The topological polar surface area (TPSA) is 96.4 Å². The lowest BCUT2D eigenvalue weighted by Gasteiger charge is -2.31. The van der Waals surface area contributed by atoms with E-state index in [0.717, 1.165) is 0 Å². The largest absolute Gasteiger partial charge is 0.490 e. The number of para-hydroxylation sites is 1. The van der Waals surface area contributed by atoms with Gasteiger partial charge in [-0.3, -0.25) is 14.4 Å². The van der Waals surface area contributed by atoms with Gasteiger partial charge in [0, 0.05) is 27.2 Å². The Morgan fingerprint density at radius 3 is 2.48 bits per heavy atom. The van der Waals surface area contributed by atoms with Crippen molar-refractivity contribution in [3.8, 4) is 5.75 Å². The highest BCUT2D eigenvalue weighted by Crippen LogP contribution is 2.20. The third-order valence-corrected chi connectivity index (χ3v) is 4.58. The third-order valence-electron chi connectivity index (χ3n) is 4.58. The molecule has 27 heavy (non-hydrogen) atoms. The van der Waals surface area contributed by atoms with Crippen LogP contribution in [0, 0.1) is 5.92 Å². The average Bonchev–Trinajstić information content (AvgIpc) is 2.68. The van der Waals surface area contributed by atoms with Gasteiger partial charge in [0.25, 0.3) is 5.91 Å². The number of carbonyl (C=O) groups is 3. The van der Waals surface area contributed by atoms with Gasteiger partial charge in [-0.1, -0.05) is 12.1 Å². The Morgan fingerprint density at radius 1 is 1.19 bits per heavy atom. The lowest BCUT2D eigenvalue weighted by molar-refractivity contribution is -0.145. The fraction of sp³-hybridized carbons (Fsp3) is 0.526. The molecule has 8 nitrogen and oxygen atoms in total. The number of nitrogens with zero attached hydrogens (tertiary/aromatic N) is 2. The molecule has 0 atom stereocenters. The van der Waals surface area contributed by atoms with Crippen molar-refractivity contribution in [2.75, 3.05) is 47.0 Å². The van der Waals surface area contributed by atoms with Gasteiger partial charge in [0.05, 0.1) is 24.6 Å². The summed E-state index contributed by atoms with van der Waals surface area (Å²) in [6.45, 7) is 1.46. The first kappa shape index (κ1) is 20.7. The molecule has 0 spiro atoms. The maximum atomic E-state index is 12.7. The molecule has 0 saturated carbocycles. The van der Waals surface area contributed by atoms with Crippen LogP contribution < -0.4 is 4.74 Å². The molecule has 0 unspecified atom stereocenters. The summed E-state index contributed by atoms with van der Waals surface area (Å²) in [7, 11) is 3.13. The maximum Gasteiger partial charge on any atom is 0.306 e. The highest BCUT2D eigenvalue weighted by Gasteiger charge is 2.28. The van der Waals surface area contributed by atoms with E-state index < -0.39 is 11.9 Å². The van der Waals surface area contributed by atoms with Crippen molar-refractivity contribution in [1.82, 2.24) is 9.80 Å². The fourth-order valence-corrected chi connectivity index (χ4v) is 2.96. The van der Waals surface area contributed by atoms with Gasteiger partial charge in [-0.25, -0.2) is 0 Å². The summed E-state index contributed by atoms with van der Waals surface area (Å²) < 4.78 is 10.5. The molecule has 8 heteroatoms. The lowest BCUT2D eigenvalue weighted by Crippen LogP contribution is -2.45. The van der Waals surface area contributed by atoms with Crippen LogP contribution >= 0.6 is 0 Å². The second-order valence-electron chi connectivity index (χ2n) is 6.49. The molecule has 1 aliphatic heterocycles. The molecule has 2 rings (SSSR count). The number of carboxylic acids is 1. The van der Waals surface area contributed by atoms with E-state index in [1.807, 2.05) is 0 Å². The Balaban J connectivity index is 1.94. The number of rotatable bonds is 8. The maximum absolute atomic E-state index is 12.7. The first-order valence-electron chi connectivity index (χ1n) is 8.90. The van der Waals surface area contributed by atoms with E-state index in [0.29, 0.717) is 50.5 Å². The van der Waals surface area contributed by atoms with Crippen LogP contribution in [0.15, 0.2) is 24.3 Å². The molecule has 1 aromatic rings. The zero-order valence-corrected chi connectivity index (χ0v) is 15.7. The lowest BCUT2D eigenvalue weighted by atomic mass is 9.97. The Kier molecular flexibility index (Phi) is 7.60. The van der Waals surface area contributed by atoms with E-state index in [9.17, 15) is 14.4 Å². The molecule has 148 valence electrons. The van der Waals surface area contributed by atoms with Crippen molar-refractivity contribution < 1.29 is 29.0 Å². The van der Waals surface area contributed by atoms with Crippen molar-refractivity contribution in [2.45, 2.75) is 12.8 Å². The number of carbonyl (C=O) groups excluding carboxylic acids is 2. The molecule has 0 radical (unpaired) electrons. The van der Waals surface area contributed by atoms with Gasteiger partial charge >= 0.3 is 5.97 Å². The number of amides is 2. The summed E-state index contributed by atoms with van der Waals surface area (Å²) in [6.07, 6.45) is 0.879. The summed E-state index contributed by atoms with van der Waals surface area (Å²) in [5, 5.41) is 9.03. The average molecular weight is 378 g/mol. The molecule has 1 aromatic carbocycles. The second-order valence-corrected chi connectivity index (χ2v) is 6.49. The van der Waals surface area contributed by atoms with Gasteiger partial charge in [0.2, 0.25) is 5.91 Å². The smallest absolute Gasteiger partial charge is 0.306 e. The van der Waals surface area contributed by atoms with Crippen LogP contribution in [0.4, 0.5) is 0 Å². The summed E-state index contributed by atoms with van der Waals surface area (Å²) >= 11 is 0. The van der Waals surface area contributed by atoms with Crippen molar-refractivity contribution in [3.05, 3.63) is 29.8 Å². The van der Waals surface area contributed by atoms with E-state index in [2.05, 4.69) is 0 Å². The van der Waals surface area contributed by atoms with Gasteiger partial charge in [0.1, 0.15) is 12.4 Å². The van der Waals surface area contributed by atoms with Crippen molar-refractivity contribution >= 4 is 17.8 Å². The number of likely N-dealkylation sites (N-methyl/N-ethyl adjacent to an activating group) is 1. The molecule has 0 aromatic heterocycles. The van der Waals surface area contributed by atoms with E-state index in [-0.39, 0.29) is 18.4 Å². The first-order valence-corrected chi connectivity index (χ1v) is 8.90. The SMILES string of the molecule is COCCOc1ccccc1C(=O)N(C)CC(=O)N1CCC(C(=O)O)CC1. The summed E-state index contributed by atoms with van der Waals surface area (Å²) in [6, 6.07) is 6.87. The molecule has 1 aliphatic rings. The summed E-state index contributed by atoms with van der Waals surface area (Å²) in [5.41, 5.74) is 0.383. The van der Waals surface area contributed by atoms with E-state index in [1.165, 1.54) is 4.90 Å². The Labute approximate surface area is 158 Å². The minimum atomic E-state index is -0.820. The Bertz CT molecular complexity index is 670. The monoisotopic (exact) mass is 378 g/mol. The zero-order chi connectivity index (χ0) is 19.8. The minimum Gasteiger partial charge on any atom is -0.490 e. The van der Waals surface area contributed by atoms with Gasteiger partial charge in [-0.15, -0.1) is 0 Å². The standard InChI is InChI=1S/C19H26N2O6/c1-20(13-17(22)21-9-7-14(8-10-21)19(24)25)18(23)15-5-3-4-6-16(15)27-12-11-26-2/h3-6,14H,7-13H2,1-2H3,(H,24,25). The molecule has 0 bridgehead atoms. The van der Waals surface area contributed by atoms with Gasteiger partial charge < -0.3 is 24.4 Å². The number of carboxylic acid groups (broad SMARTS) is 1. The molecule has 0 aliphatic carbocycles. The summed E-state index contributed by atoms with van der Waals surface area (Å²) in [5.74, 6) is -1.27. The van der Waals surface area contributed by atoms with Crippen LogP contribution in [-0.2, 0) is 14.3 Å². The number of ether oxygens (including phenoxy) is 2. The minimum absolute atomic E-state index is 0.0665. The number of benzene rings is 1. The molecule has 2 amide bonds. The van der Waals surface area contributed by atoms with Crippen LogP contribution in [0.25, 0.3) is 0 Å². The van der Waals surface area contributed by atoms with Crippen LogP contribution in [-0.4, -0.2) is 79.7 Å². The quantitative estimate of drug-likeness (QED) is 0.681. The van der Waals surface area contributed by atoms with Crippen LogP contribution in [0.5, 0.6) is 5.75 Å². The third kappa shape index (κ3) is 5.68. The number of methoxy groups -OCH3 is 1. The predicted octanol–water partition coefficient (Wildman–Crippen LogP) is 1.11. The number of hydrogen-bond donors (Lipinski definition) is 1. The Morgan fingerprint density at radius 2 is 1.85 bits per heavy atom. The van der Waals surface area contributed by atoms with E-state index in [4.69, 9.17) is 14.6 Å². The number of piperidine rings is 1. The van der Waals surface area contributed by atoms with Gasteiger partial charge in [0.15, 0.2) is 0 Å². The van der Waals surface area contributed by atoms with E-state index in [1.54, 1.807) is 43.3 Å². The molecular formula is C19H26N2O6. The number of likely N-dealkylation sites (tertiary alicyclic amines) is 1. The van der Waals surface area contributed by atoms with Crippen LogP contribution in [0.1, 0.15) is 23.2 Å². The molecule has 1 saturated heterocycles. The normalized spacial score (nSPS) is 14.7. The molecule has 1 N–H and O–H groups in total. The highest BCUT2D eigenvalue weighted by molar-refractivity contribution is 5.98. The Hall–Kier alpha value is -2.61. The zero-order valence-electron chi connectivity index (χ0n) is 15.7. The van der Waals surface area contributed by atoms with Gasteiger partial charge in [-0.05, 0) is 25.0 Å². The summed E-state index contributed by atoms with van der Waals surface area (Å²) in [4.78, 5) is 39.1. The molecule has 1 fully saturated rings. The number of hydrogen-bond acceptors (Lipinski definition) is 5. The highest BCUT2D eigenvalue weighted by atomic mass is 16.5. The predicted molar refractivity (Wildman–Crippen MR) is 97.7 cm³/mol. The second kappa shape index (κ2) is 9.91. The van der Waals surface area contributed by atoms with Crippen molar-refractivity contribution in [3.63, 3.8) is 0 Å². The van der Waals surface area contributed by atoms with E-state index >= 15 is 0 Å². The van der Waals surface area contributed by atoms with Crippen molar-refractivity contribution in [2.24, 2.45) is 5.92 Å².